The molecule has 1 rings (SSSR count). The summed E-state index contributed by atoms with van der Waals surface area (Å²) in [7, 11) is -3.84. The highest BCUT2D eigenvalue weighted by atomic mass is 31.2. The van der Waals surface area contributed by atoms with Crippen molar-refractivity contribution in [2.45, 2.75) is 78.9 Å². The molecule has 0 saturated carbocycles. The van der Waals surface area contributed by atoms with Crippen molar-refractivity contribution in [1.29, 1.82) is 0 Å². The van der Waals surface area contributed by atoms with Crippen molar-refractivity contribution in [3.8, 4) is 0 Å². The van der Waals surface area contributed by atoms with Crippen LogP contribution in [0.15, 0.2) is 30.3 Å². The summed E-state index contributed by atoms with van der Waals surface area (Å²) in [5.74, 6) is -0.994. The van der Waals surface area contributed by atoms with Crippen molar-refractivity contribution in [3.05, 3.63) is 35.9 Å². The summed E-state index contributed by atoms with van der Waals surface area (Å²) >= 11 is 0. The zero-order valence-electron chi connectivity index (χ0n) is 19.8. The third-order valence-electron chi connectivity index (χ3n) is 4.22. The molecule has 1 aromatic rings. The first kappa shape index (κ1) is 27.6. The molecule has 0 aliphatic rings. The number of carbonyl (C=O) groups excluding carboxylic acids is 1. The number of hydroxylamine groups is 2. The minimum Gasteiger partial charge on any atom is -0.444 e. The average Bonchev–Trinajstić information content (AvgIpc) is 2.60. The van der Waals surface area contributed by atoms with Gasteiger partial charge >= 0.3 is 13.7 Å². The Morgan fingerprint density at radius 2 is 1.68 bits per heavy atom. The summed E-state index contributed by atoms with van der Waals surface area (Å²) in [4.78, 5) is 12.6. The van der Waals surface area contributed by atoms with E-state index >= 15 is 0 Å². The number of nitrogens with zero attached hydrogens (tertiary/aromatic N) is 1. The van der Waals surface area contributed by atoms with Gasteiger partial charge in [0.1, 0.15) is 5.60 Å². The molecule has 1 aromatic carbocycles. The van der Waals surface area contributed by atoms with Crippen molar-refractivity contribution in [1.82, 2.24) is 10.4 Å². The summed E-state index contributed by atoms with van der Waals surface area (Å²) in [5.41, 5.74) is 0.115. The van der Waals surface area contributed by atoms with Gasteiger partial charge in [0.15, 0.2) is 5.78 Å². The molecule has 0 aromatic heterocycles. The number of amides is 1. The maximum atomic E-state index is 13.8. The van der Waals surface area contributed by atoms with Crippen LogP contribution in [0.1, 0.15) is 60.5 Å². The van der Waals surface area contributed by atoms with Gasteiger partial charge in [-0.1, -0.05) is 44.2 Å². The summed E-state index contributed by atoms with van der Waals surface area (Å²) in [6.07, 6.45) is -0.226. The van der Waals surface area contributed by atoms with E-state index in [1.165, 1.54) is 0 Å². The Morgan fingerprint density at radius 1 is 1.13 bits per heavy atom. The predicted octanol–water partition coefficient (Wildman–Crippen LogP) is 5.41. The lowest BCUT2D eigenvalue weighted by Gasteiger charge is -2.38. The van der Waals surface area contributed by atoms with Gasteiger partial charge in [-0.2, -0.15) is 5.06 Å². The zero-order chi connectivity index (χ0) is 23.7. The maximum absolute atomic E-state index is 13.8. The lowest BCUT2D eigenvalue weighted by Crippen LogP contribution is -2.52. The summed E-state index contributed by atoms with van der Waals surface area (Å²) < 4.78 is 30.4. The van der Waals surface area contributed by atoms with Crippen molar-refractivity contribution in [2.24, 2.45) is 5.92 Å². The van der Waals surface area contributed by atoms with E-state index in [9.17, 15) is 14.6 Å². The maximum Gasteiger partial charge on any atom is 0.407 e. The average molecular weight is 459 g/mol. The highest BCUT2D eigenvalue weighted by Gasteiger charge is 2.46. The van der Waals surface area contributed by atoms with Crippen LogP contribution in [0.5, 0.6) is 0 Å². The second-order valence-electron chi connectivity index (χ2n) is 8.75. The molecule has 2 N–H and O–H groups in total. The minimum atomic E-state index is -3.84. The highest BCUT2D eigenvalue weighted by Crippen LogP contribution is 2.56. The van der Waals surface area contributed by atoms with Crippen molar-refractivity contribution >= 4 is 13.7 Å². The molecule has 8 nitrogen and oxygen atoms in total. The van der Waals surface area contributed by atoms with Gasteiger partial charge in [-0.25, -0.2) is 4.79 Å². The first-order chi connectivity index (χ1) is 14.4. The minimum absolute atomic E-state index is 0.0836. The molecule has 0 bridgehead atoms. The van der Waals surface area contributed by atoms with Crippen LogP contribution in [0.25, 0.3) is 0 Å². The Kier molecular flexibility index (Phi) is 11.2. The zero-order valence-corrected chi connectivity index (χ0v) is 20.7. The quantitative estimate of drug-likeness (QED) is 0.319. The Bertz CT molecular complexity index is 698. The van der Waals surface area contributed by atoms with Gasteiger partial charge < -0.3 is 24.3 Å². The topological polar surface area (TPSA) is 97.3 Å². The van der Waals surface area contributed by atoms with Crippen LogP contribution in [0.3, 0.4) is 0 Å². The number of alkyl carbamates (subject to hydrolysis) is 1. The molecule has 2 atom stereocenters. The normalized spacial score (nSPS) is 14.5. The number of rotatable bonds is 12. The van der Waals surface area contributed by atoms with Crippen LogP contribution in [-0.2, 0) is 24.9 Å². The lowest BCUT2D eigenvalue weighted by atomic mass is 10.0. The van der Waals surface area contributed by atoms with E-state index in [-0.39, 0.29) is 25.7 Å². The standard InChI is InChI=1S/C22H39N2O6P/c1-8-28-31(27,29-9-2)20(24(26)16-18-13-11-10-12-14-18)19(15-17(3)4)23-21(25)30-22(5,6)7/h10-14,17,19-20,26H,8-9,15-16H2,1-7H3,(H,23,25)/t19-,20+/m0/s1. The Labute approximate surface area is 186 Å². The molecule has 0 aliphatic heterocycles. The number of hydrogen-bond acceptors (Lipinski definition) is 7. The van der Waals surface area contributed by atoms with E-state index in [1.807, 2.05) is 44.2 Å². The van der Waals surface area contributed by atoms with Crippen LogP contribution >= 0.6 is 7.60 Å². The smallest absolute Gasteiger partial charge is 0.407 e. The van der Waals surface area contributed by atoms with E-state index < -0.39 is 31.1 Å². The molecule has 9 heteroatoms. The summed E-state index contributed by atoms with van der Waals surface area (Å²) in [5, 5.41) is 14.8. The number of carbonyl (C=O) groups is 1. The van der Waals surface area contributed by atoms with Gasteiger partial charge in [0.25, 0.3) is 0 Å². The monoisotopic (exact) mass is 458 g/mol. The van der Waals surface area contributed by atoms with E-state index in [0.717, 1.165) is 10.6 Å². The van der Waals surface area contributed by atoms with E-state index in [2.05, 4.69) is 5.32 Å². The lowest BCUT2D eigenvalue weighted by molar-refractivity contribution is -0.127. The van der Waals surface area contributed by atoms with Crippen LogP contribution < -0.4 is 5.32 Å². The fourth-order valence-corrected chi connectivity index (χ4v) is 5.37. The van der Waals surface area contributed by atoms with Gasteiger partial charge in [0.2, 0.25) is 0 Å². The van der Waals surface area contributed by atoms with Crippen LogP contribution in [0.4, 0.5) is 4.79 Å². The van der Waals surface area contributed by atoms with E-state index in [0.29, 0.717) is 6.42 Å². The molecule has 1 amide bonds. The van der Waals surface area contributed by atoms with Gasteiger partial charge in [-0.05, 0) is 52.5 Å². The van der Waals surface area contributed by atoms with Crippen molar-refractivity contribution in [2.75, 3.05) is 13.2 Å². The van der Waals surface area contributed by atoms with Gasteiger partial charge in [0.05, 0.1) is 19.3 Å². The molecular weight excluding hydrogens is 419 g/mol. The van der Waals surface area contributed by atoms with E-state index in [4.69, 9.17) is 13.8 Å². The second-order valence-corrected chi connectivity index (χ2v) is 10.9. The molecular formula is C22H39N2O6P. The molecule has 0 aliphatic carbocycles. The predicted molar refractivity (Wildman–Crippen MR) is 121 cm³/mol. The number of benzene rings is 1. The third-order valence-corrected chi connectivity index (χ3v) is 6.73. The molecule has 0 unspecified atom stereocenters. The first-order valence-electron chi connectivity index (χ1n) is 10.8. The number of nitrogens with one attached hydrogen (secondary N) is 1. The summed E-state index contributed by atoms with van der Waals surface area (Å²) in [6.45, 7) is 13.0. The van der Waals surface area contributed by atoms with Crippen LogP contribution in [0, 0.1) is 5.92 Å². The highest BCUT2D eigenvalue weighted by molar-refractivity contribution is 7.54. The van der Waals surface area contributed by atoms with Gasteiger partial charge in [-0.15, -0.1) is 0 Å². The molecule has 0 saturated heterocycles. The van der Waals surface area contributed by atoms with Gasteiger partial charge in [0, 0.05) is 6.54 Å². The Morgan fingerprint density at radius 3 is 2.13 bits per heavy atom. The summed E-state index contributed by atoms with van der Waals surface area (Å²) in [6, 6.07) is 8.55. The van der Waals surface area contributed by atoms with Crippen molar-refractivity contribution in [3.63, 3.8) is 0 Å². The Hall–Kier alpha value is -1.44. The molecule has 0 heterocycles. The van der Waals surface area contributed by atoms with Crippen LogP contribution in [0.2, 0.25) is 0 Å². The SMILES string of the molecule is CCOP(=O)(OCC)[C@H]([C@H](CC(C)C)NC(=O)OC(C)(C)C)N(O)Cc1ccccc1. The number of ether oxygens (including phenoxy) is 1. The fraction of sp³-hybridized carbons (Fsp3) is 0.682. The molecule has 178 valence electrons. The molecule has 0 radical (unpaired) electrons. The second kappa shape index (κ2) is 12.6. The largest absolute Gasteiger partial charge is 0.444 e. The molecule has 31 heavy (non-hydrogen) atoms. The van der Waals surface area contributed by atoms with Gasteiger partial charge in [-0.3, -0.25) is 4.57 Å². The van der Waals surface area contributed by atoms with E-state index in [1.54, 1.807) is 34.6 Å². The number of hydrogen-bond donors (Lipinski definition) is 2. The van der Waals surface area contributed by atoms with Crippen LogP contribution in [-0.4, -0.2) is 47.0 Å². The fourth-order valence-electron chi connectivity index (χ4n) is 3.23. The van der Waals surface area contributed by atoms with Crippen molar-refractivity contribution < 1.29 is 28.4 Å². The molecule has 0 spiro atoms. The third kappa shape index (κ3) is 9.71. The molecule has 0 fully saturated rings. The first-order valence-corrected chi connectivity index (χ1v) is 12.4. The Balaban J connectivity index is 3.34.